The zero-order valence-corrected chi connectivity index (χ0v) is 8.63. The van der Waals surface area contributed by atoms with Gasteiger partial charge in [-0.3, -0.25) is 4.79 Å². The molecule has 0 spiro atoms. The number of thioether (sulfide) groups is 1. The molecule has 1 N–H and O–H groups in total. The van der Waals surface area contributed by atoms with Crippen LogP contribution in [0.5, 0.6) is 0 Å². The molecule has 0 aromatic carbocycles. The molecule has 0 atom stereocenters. The number of nitrogens with one attached hydrogen (secondary N) is 1. The van der Waals surface area contributed by atoms with E-state index in [1.165, 1.54) is 6.92 Å². The van der Waals surface area contributed by atoms with Crippen molar-refractivity contribution in [2.75, 3.05) is 5.75 Å². The van der Waals surface area contributed by atoms with Crippen LogP contribution in [0, 0.1) is 22.0 Å². The van der Waals surface area contributed by atoms with E-state index in [-0.39, 0.29) is 16.8 Å². The van der Waals surface area contributed by atoms with E-state index in [2.05, 4.69) is 21.8 Å². The number of rotatable bonds is 2. The molecule has 78 valence electrons. The summed E-state index contributed by atoms with van der Waals surface area (Å²) in [5.74, 6) is 5.63. The van der Waals surface area contributed by atoms with E-state index in [0.29, 0.717) is 5.75 Å². The van der Waals surface area contributed by atoms with Crippen molar-refractivity contribution < 1.29 is 9.72 Å². The summed E-state index contributed by atoms with van der Waals surface area (Å²) in [6.45, 7) is 1.45. The second-order valence-electron chi connectivity index (χ2n) is 2.46. The molecule has 1 aromatic heterocycles. The van der Waals surface area contributed by atoms with Gasteiger partial charge in [0.2, 0.25) is 0 Å². The summed E-state index contributed by atoms with van der Waals surface area (Å²) < 4.78 is 0. The number of carbonyl (C=O) groups excluding carboxylic acids is 1. The number of hydrogen-bond acceptors (Lipinski definition) is 5. The van der Waals surface area contributed by atoms with Gasteiger partial charge in [-0.15, -0.1) is 0 Å². The largest absolute Gasteiger partial charge is 0.358 e. The highest BCUT2D eigenvalue weighted by Crippen LogP contribution is 2.05. The van der Waals surface area contributed by atoms with Crippen molar-refractivity contribution in [3.05, 3.63) is 22.1 Å². The molecule has 0 unspecified atom stereocenters. The van der Waals surface area contributed by atoms with Crippen molar-refractivity contribution in [3.63, 3.8) is 0 Å². The number of nitrogens with zero attached hydrogens (tertiary/aromatic N) is 2. The fourth-order valence-corrected chi connectivity index (χ4v) is 1.07. The normalized spacial score (nSPS) is 9.13. The van der Waals surface area contributed by atoms with Crippen molar-refractivity contribution in [3.8, 4) is 11.8 Å². The van der Waals surface area contributed by atoms with Gasteiger partial charge in [-0.2, -0.15) is 0 Å². The van der Waals surface area contributed by atoms with E-state index >= 15 is 0 Å². The fraction of sp³-hybridized carbons (Fsp3) is 0.250. The average Bonchev–Trinajstić information content (AvgIpc) is 2.60. The van der Waals surface area contributed by atoms with Crippen LogP contribution in [0.2, 0.25) is 0 Å². The third kappa shape index (κ3) is 3.83. The van der Waals surface area contributed by atoms with Crippen LogP contribution in [0.25, 0.3) is 0 Å². The minimum absolute atomic E-state index is 0.0188. The zero-order chi connectivity index (χ0) is 11.3. The third-order valence-corrected chi connectivity index (χ3v) is 2.01. The molecule has 0 saturated carbocycles. The Bertz CT molecular complexity index is 443. The monoisotopic (exact) mass is 225 g/mol. The summed E-state index contributed by atoms with van der Waals surface area (Å²) >= 11 is 1.08. The minimum Gasteiger partial charge on any atom is -0.358 e. The molecule has 0 radical (unpaired) electrons. The number of H-pyrrole nitrogens is 1. The molecule has 1 heterocycles. The van der Waals surface area contributed by atoms with Gasteiger partial charge in [-0.1, -0.05) is 17.7 Å². The zero-order valence-electron chi connectivity index (χ0n) is 7.81. The van der Waals surface area contributed by atoms with Crippen molar-refractivity contribution in [1.82, 2.24) is 9.97 Å². The van der Waals surface area contributed by atoms with Gasteiger partial charge in [0.05, 0.1) is 5.75 Å². The molecule has 0 saturated heterocycles. The lowest BCUT2D eigenvalue weighted by Crippen LogP contribution is -1.87. The van der Waals surface area contributed by atoms with Crippen LogP contribution in [0.1, 0.15) is 12.7 Å². The lowest BCUT2D eigenvalue weighted by atomic mass is 10.6. The van der Waals surface area contributed by atoms with Crippen LogP contribution < -0.4 is 0 Å². The van der Waals surface area contributed by atoms with E-state index in [4.69, 9.17) is 0 Å². The minimum atomic E-state index is -0.581. The second-order valence-corrected chi connectivity index (χ2v) is 3.61. The first kappa shape index (κ1) is 11.3. The van der Waals surface area contributed by atoms with E-state index in [9.17, 15) is 14.9 Å². The summed E-state index contributed by atoms with van der Waals surface area (Å²) in [6.07, 6.45) is 1.10. The molecule has 0 aliphatic heterocycles. The molecule has 15 heavy (non-hydrogen) atoms. The summed E-state index contributed by atoms with van der Waals surface area (Å²) in [7, 11) is 0. The molecule has 0 bridgehead atoms. The maximum Gasteiger partial charge on any atom is 0.341 e. The topological polar surface area (TPSA) is 88.9 Å². The van der Waals surface area contributed by atoms with Crippen LogP contribution in [0.3, 0.4) is 0 Å². The SMILES string of the molecule is CC(=O)SCC#Cc1ncc([N+](=O)[O-])[nH]1. The van der Waals surface area contributed by atoms with Crippen LogP contribution in [-0.2, 0) is 4.79 Å². The van der Waals surface area contributed by atoms with E-state index < -0.39 is 4.92 Å². The Morgan fingerprint density at radius 3 is 3.07 bits per heavy atom. The quantitative estimate of drug-likeness (QED) is 0.460. The summed E-state index contributed by atoms with van der Waals surface area (Å²) in [4.78, 5) is 26.3. The predicted molar refractivity (Wildman–Crippen MR) is 55.3 cm³/mol. The lowest BCUT2D eigenvalue weighted by Gasteiger charge is -1.84. The molecule has 0 aliphatic carbocycles. The summed E-state index contributed by atoms with van der Waals surface area (Å²) in [5.41, 5.74) is 0. The number of nitro groups is 1. The lowest BCUT2D eigenvalue weighted by molar-refractivity contribution is -0.389. The summed E-state index contributed by atoms with van der Waals surface area (Å²) in [5, 5.41) is 10.3. The van der Waals surface area contributed by atoms with Gasteiger partial charge in [0.15, 0.2) is 5.12 Å². The van der Waals surface area contributed by atoms with Gasteiger partial charge in [0.25, 0.3) is 5.82 Å². The van der Waals surface area contributed by atoms with Gasteiger partial charge in [0.1, 0.15) is 6.20 Å². The van der Waals surface area contributed by atoms with Gasteiger partial charge >= 0.3 is 5.82 Å². The Morgan fingerprint density at radius 2 is 2.53 bits per heavy atom. The molecule has 1 rings (SSSR count). The molecular weight excluding hydrogens is 218 g/mol. The highest BCUT2D eigenvalue weighted by Gasteiger charge is 2.06. The number of hydrogen-bond donors (Lipinski definition) is 1. The van der Waals surface area contributed by atoms with E-state index in [1.54, 1.807) is 0 Å². The predicted octanol–water partition coefficient (Wildman–Crippen LogP) is 0.949. The van der Waals surface area contributed by atoms with Gasteiger partial charge in [0, 0.05) is 6.92 Å². The molecular formula is C8H7N3O3S. The molecule has 0 fully saturated rings. The molecule has 6 nitrogen and oxygen atoms in total. The average molecular weight is 225 g/mol. The molecule has 0 aliphatic rings. The van der Waals surface area contributed by atoms with Gasteiger partial charge in [-0.25, -0.2) is 9.97 Å². The number of imidazole rings is 1. The Labute approximate surface area is 89.6 Å². The Kier molecular flexibility index (Phi) is 3.88. The van der Waals surface area contributed by atoms with Crippen LogP contribution >= 0.6 is 11.8 Å². The third-order valence-electron chi connectivity index (χ3n) is 1.31. The first-order valence-electron chi connectivity index (χ1n) is 3.91. The van der Waals surface area contributed by atoms with Crippen LogP contribution in [0.4, 0.5) is 5.82 Å². The molecule has 1 aromatic rings. The molecule has 7 heteroatoms. The van der Waals surface area contributed by atoms with Crippen molar-refractivity contribution in [2.24, 2.45) is 0 Å². The fourth-order valence-electron chi connectivity index (χ4n) is 0.725. The standard InChI is InChI=1S/C8H7N3O3S/c1-6(12)15-4-2-3-7-9-5-8(10-7)11(13)14/h5H,4H2,1H3,(H,9,10). The van der Waals surface area contributed by atoms with Crippen LogP contribution in [0.15, 0.2) is 6.20 Å². The van der Waals surface area contributed by atoms with Crippen molar-refractivity contribution in [1.29, 1.82) is 0 Å². The van der Waals surface area contributed by atoms with Crippen LogP contribution in [-0.4, -0.2) is 25.8 Å². The van der Waals surface area contributed by atoms with E-state index in [0.717, 1.165) is 18.0 Å². The number of aromatic nitrogens is 2. The smallest absolute Gasteiger partial charge is 0.341 e. The molecule has 0 amide bonds. The first-order valence-corrected chi connectivity index (χ1v) is 4.90. The summed E-state index contributed by atoms with van der Waals surface area (Å²) in [6, 6.07) is 0. The van der Waals surface area contributed by atoms with Crippen molar-refractivity contribution in [2.45, 2.75) is 6.92 Å². The van der Waals surface area contributed by atoms with Gasteiger partial charge < -0.3 is 10.1 Å². The Morgan fingerprint density at radius 1 is 1.80 bits per heavy atom. The van der Waals surface area contributed by atoms with Gasteiger partial charge in [-0.05, 0) is 10.8 Å². The van der Waals surface area contributed by atoms with Crippen molar-refractivity contribution >= 4 is 22.7 Å². The maximum atomic E-state index is 10.5. The Hall–Kier alpha value is -1.81. The number of carbonyl (C=O) groups is 1. The van der Waals surface area contributed by atoms with E-state index in [1.807, 2.05) is 0 Å². The highest BCUT2D eigenvalue weighted by atomic mass is 32.2. The second kappa shape index (κ2) is 5.17. The number of aromatic amines is 1. The first-order chi connectivity index (χ1) is 7.09. The Balaban J connectivity index is 2.56. The highest BCUT2D eigenvalue weighted by molar-refractivity contribution is 8.13. The maximum absolute atomic E-state index is 10.5.